The van der Waals surface area contributed by atoms with Crippen LogP contribution in [0.25, 0.3) is 0 Å². The van der Waals surface area contributed by atoms with Crippen LogP contribution in [0, 0.1) is 5.82 Å². The number of halogens is 3. The topological polar surface area (TPSA) is 66.5 Å². The first-order valence-electron chi connectivity index (χ1n) is 4.11. The van der Waals surface area contributed by atoms with Crippen LogP contribution in [0.4, 0.5) is 4.39 Å². The molecule has 0 amide bonds. The van der Waals surface area contributed by atoms with Crippen molar-refractivity contribution in [2.45, 2.75) is 12.5 Å². The molecule has 0 aliphatic carbocycles. The minimum Gasteiger partial charge on any atom is -0.505 e. The lowest BCUT2D eigenvalue weighted by Gasteiger charge is -2.14. The predicted molar refractivity (Wildman–Crippen MR) is 59.0 cm³/mol. The first-order valence-corrected chi connectivity index (χ1v) is 4.49. The van der Waals surface area contributed by atoms with Crippen molar-refractivity contribution in [1.82, 2.24) is 0 Å². The van der Waals surface area contributed by atoms with Gasteiger partial charge < -0.3 is 15.9 Å². The van der Waals surface area contributed by atoms with E-state index in [1.807, 2.05) is 0 Å². The van der Waals surface area contributed by atoms with Crippen LogP contribution in [-0.4, -0.2) is 16.8 Å². The summed E-state index contributed by atoms with van der Waals surface area (Å²) in [5.74, 6) is -1.31. The summed E-state index contributed by atoms with van der Waals surface area (Å²) in [6.45, 7) is -0.145. The number of rotatable bonds is 3. The molecule has 0 unspecified atom stereocenters. The van der Waals surface area contributed by atoms with Crippen LogP contribution in [0.5, 0.6) is 5.75 Å². The highest BCUT2D eigenvalue weighted by atomic mass is 35.5. The van der Waals surface area contributed by atoms with Crippen LogP contribution in [0.1, 0.15) is 18.0 Å². The average molecular weight is 256 g/mol. The maximum Gasteiger partial charge on any atom is 0.165 e. The molecule has 1 atom stereocenters. The predicted octanol–water partition coefficient (Wildman–Crippen LogP) is 1.99. The van der Waals surface area contributed by atoms with Crippen molar-refractivity contribution in [3.05, 3.63) is 28.5 Å². The van der Waals surface area contributed by atoms with Gasteiger partial charge in [-0.2, -0.15) is 0 Å². The molecular weight excluding hydrogens is 244 g/mol. The SMILES string of the molecule is Cl.N[C@H](CCO)c1c(Cl)ccc(F)c1O. The first kappa shape index (κ1) is 14.5. The fourth-order valence-electron chi connectivity index (χ4n) is 1.19. The standard InChI is InChI=1S/C9H11ClFNO2.ClH/c10-5-1-2-6(11)9(14)8(5)7(12)3-4-13;/h1-2,7,13-14H,3-4,12H2;1H/t7-;/m1./s1. The molecule has 6 heteroatoms. The molecule has 0 saturated carbocycles. The van der Waals surface area contributed by atoms with Crippen molar-refractivity contribution < 1.29 is 14.6 Å². The fraction of sp³-hybridized carbons (Fsp3) is 0.333. The van der Waals surface area contributed by atoms with E-state index in [4.69, 9.17) is 22.4 Å². The van der Waals surface area contributed by atoms with Gasteiger partial charge in [-0.3, -0.25) is 0 Å². The highest BCUT2D eigenvalue weighted by Crippen LogP contribution is 2.33. The summed E-state index contributed by atoms with van der Waals surface area (Å²) in [6, 6.07) is 1.72. The third-order valence-corrected chi connectivity index (χ3v) is 2.26. The molecule has 0 aromatic heterocycles. The molecule has 0 heterocycles. The van der Waals surface area contributed by atoms with E-state index in [0.29, 0.717) is 0 Å². The maximum absolute atomic E-state index is 12.9. The Hall–Kier alpha value is -0.550. The molecule has 0 bridgehead atoms. The van der Waals surface area contributed by atoms with Crippen LogP contribution in [-0.2, 0) is 0 Å². The van der Waals surface area contributed by atoms with Crippen LogP contribution in [0.2, 0.25) is 5.02 Å². The van der Waals surface area contributed by atoms with Crippen molar-refractivity contribution in [2.75, 3.05) is 6.61 Å². The number of nitrogens with two attached hydrogens (primary N) is 1. The Kier molecular flexibility index (Phi) is 5.90. The number of benzene rings is 1. The molecule has 0 radical (unpaired) electrons. The number of aromatic hydroxyl groups is 1. The van der Waals surface area contributed by atoms with Gasteiger partial charge in [0.25, 0.3) is 0 Å². The Morgan fingerprint density at radius 3 is 2.60 bits per heavy atom. The molecule has 4 N–H and O–H groups in total. The van der Waals surface area contributed by atoms with Crippen LogP contribution < -0.4 is 5.73 Å². The number of aliphatic hydroxyl groups excluding tert-OH is 1. The molecule has 3 nitrogen and oxygen atoms in total. The van der Waals surface area contributed by atoms with Crippen molar-refractivity contribution in [3.63, 3.8) is 0 Å². The molecular formula is C9H12Cl2FNO2. The van der Waals surface area contributed by atoms with Crippen LogP contribution >= 0.6 is 24.0 Å². The smallest absolute Gasteiger partial charge is 0.165 e. The van der Waals surface area contributed by atoms with Crippen molar-refractivity contribution in [1.29, 1.82) is 0 Å². The second-order valence-corrected chi connectivity index (χ2v) is 3.32. The summed E-state index contributed by atoms with van der Waals surface area (Å²) in [5, 5.41) is 18.2. The summed E-state index contributed by atoms with van der Waals surface area (Å²) in [7, 11) is 0. The van der Waals surface area contributed by atoms with Crippen LogP contribution in [0.3, 0.4) is 0 Å². The Balaban J connectivity index is 0.00000196. The zero-order valence-corrected chi connectivity index (χ0v) is 9.35. The second-order valence-electron chi connectivity index (χ2n) is 2.91. The summed E-state index contributed by atoms with van der Waals surface area (Å²) in [5.41, 5.74) is 5.74. The lowest BCUT2D eigenvalue weighted by atomic mass is 10.0. The van der Waals surface area contributed by atoms with Gasteiger partial charge in [0, 0.05) is 23.2 Å². The number of phenolic OH excluding ortho intramolecular Hbond substituents is 1. The highest BCUT2D eigenvalue weighted by molar-refractivity contribution is 6.31. The molecule has 1 rings (SSSR count). The lowest BCUT2D eigenvalue weighted by Crippen LogP contribution is -2.13. The van der Waals surface area contributed by atoms with E-state index in [1.165, 1.54) is 6.07 Å². The second kappa shape index (κ2) is 6.12. The molecule has 15 heavy (non-hydrogen) atoms. The van der Waals surface area contributed by atoms with Gasteiger partial charge in [-0.15, -0.1) is 12.4 Å². The van der Waals surface area contributed by atoms with Gasteiger partial charge in [-0.05, 0) is 18.6 Å². The minimum atomic E-state index is -0.766. The molecule has 1 aromatic rings. The minimum absolute atomic E-state index is 0. The Morgan fingerprint density at radius 1 is 1.47 bits per heavy atom. The zero-order chi connectivity index (χ0) is 10.7. The van der Waals surface area contributed by atoms with Crippen molar-refractivity contribution in [3.8, 4) is 5.75 Å². The maximum atomic E-state index is 12.9. The third kappa shape index (κ3) is 3.21. The van der Waals surface area contributed by atoms with Gasteiger partial charge in [0.05, 0.1) is 0 Å². The molecule has 1 aromatic carbocycles. The summed E-state index contributed by atoms with van der Waals surface area (Å²) in [6.07, 6.45) is 0.219. The molecule has 0 aliphatic heterocycles. The van der Waals surface area contributed by atoms with E-state index in [-0.39, 0.29) is 36.0 Å². The monoisotopic (exact) mass is 255 g/mol. The van der Waals surface area contributed by atoms with E-state index in [1.54, 1.807) is 0 Å². The van der Waals surface area contributed by atoms with E-state index >= 15 is 0 Å². The molecule has 0 saturated heterocycles. The van der Waals surface area contributed by atoms with Gasteiger partial charge in [0.1, 0.15) is 0 Å². The third-order valence-electron chi connectivity index (χ3n) is 1.93. The van der Waals surface area contributed by atoms with Gasteiger partial charge in [0.15, 0.2) is 11.6 Å². The largest absolute Gasteiger partial charge is 0.505 e. The highest BCUT2D eigenvalue weighted by Gasteiger charge is 2.17. The molecule has 0 aliphatic rings. The Labute approximate surface area is 98.1 Å². The van der Waals surface area contributed by atoms with Gasteiger partial charge in [-0.25, -0.2) is 4.39 Å². The fourth-order valence-corrected chi connectivity index (χ4v) is 1.49. The van der Waals surface area contributed by atoms with E-state index < -0.39 is 17.6 Å². The normalized spacial score (nSPS) is 12.0. The van der Waals surface area contributed by atoms with Gasteiger partial charge >= 0.3 is 0 Å². The molecule has 86 valence electrons. The summed E-state index contributed by atoms with van der Waals surface area (Å²) >= 11 is 5.74. The zero-order valence-electron chi connectivity index (χ0n) is 7.78. The number of phenols is 1. The average Bonchev–Trinajstić information content (AvgIpc) is 2.13. The number of hydrogen-bond acceptors (Lipinski definition) is 3. The molecule has 0 fully saturated rings. The summed E-state index contributed by atoms with van der Waals surface area (Å²) < 4.78 is 12.9. The number of hydrogen-bond donors (Lipinski definition) is 3. The van der Waals surface area contributed by atoms with E-state index in [9.17, 15) is 9.50 Å². The van der Waals surface area contributed by atoms with E-state index in [0.717, 1.165) is 6.07 Å². The molecule has 0 spiro atoms. The van der Waals surface area contributed by atoms with Gasteiger partial charge in [0.2, 0.25) is 0 Å². The van der Waals surface area contributed by atoms with Crippen molar-refractivity contribution in [2.24, 2.45) is 5.73 Å². The van der Waals surface area contributed by atoms with E-state index in [2.05, 4.69) is 0 Å². The lowest BCUT2D eigenvalue weighted by molar-refractivity contribution is 0.275. The first-order chi connectivity index (χ1) is 6.57. The van der Waals surface area contributed by atoms with Gasteiger partial charge in [-0.1, -0.05) is 11.6 Å². The Morgan fingerprint density at radius 2 is 2.07 bits per heavy atom. The quantitative estimate of drug-likeness (QED) is 0.774. The van der Waals surface area contributed by atoms with Crippen LogP contribution in [0.15, 0.2) is 12.1 Å². The Bertz CT molecular complexity index is 336. The van der Waals surface area contributed by atoms with Crippen molar-refractivity contribution >= 4 is 24.0 Å². The number of aliphatic hydroxyl groups is 1. The summed E-state index contributed by atoms with van der Waals surface area (Å²) in [4.78, 5) is 0.